The van der Waals surface area contributed by atoms with Gasteiger partial charge < -0.3 is 88.7 Å². The molecule has 0 amide bonds. The molecule has 0 aromatic rings. The van der Waals surface area contributed by atoms with Crippen LogP contribution >= 0.6 is 7.82 Å². The van der Waals surface area contributed by atoms with Crippen LogP contribution in [-0.2, 0) is 70.7 Å². The van der Waals surface area contributed by atoms with Crippen molar-refractivity contribution in [3.63, 3.8) is 0 Å². The summed E-state index contributed by atoms with van der Waals surface area (Å²) in [6.45, 7) is 7.90. The molecular weight excluding hydrogens is 1550 g/mol. The van der Waals surface area contributed by atoms with Gasteiger partial charge in [0.05, 0.1) is 13.2 Å². The highest BCUT2D eigenvalue weighted by Gasteiger charge is 2.60. The molecule has 3 fully saturated rings. The van der Waals surface area contributed by atoms with Crippen molar-refractivity contribution in [2.75, 3.05) is 26.4 Å². The zero-order chi connectivity index (χ0) is 86.9. The molecule has 10 N–H and O–H groups in total. The van der Waals surface area contributed by atoms with Crippen molar-refractivity contribution in [3.05, 3.63) is 24.3 Å². The molecule has 1 aliphatic carbocycles. The van der Waals surface area contributed by atoms with E-state index in [9.17, 15) is 74.6 Å². The Morgan fingerprint density at radius 2 is 0.681 bits per heavy atom. The van der Waals surface area contributed by atoms with Crippen LogP contribution in [0, 0.1) is 5.92 Å². The number of ether oxygens (including phenoxy) is 8. The predicted octanol–water partition coefficient (Wildman–Crippen LogP) is 18.0. The fourth-order valence-electron chi connectivity index (χ4n) is 15.8. The first kappa shape index (κ1) is 110. The Kier molecular flexibility index (Phi) is 65.7. The Labute approximate surface area is 717 Å². The van der Waals surface area contributed by atoms with Gasteiger partial charge in [0.15, 0.2) is 24.8 Å². The summed E-state index contributed by atoms with van der Waals surface area (Å²) in [5.41, 5.74) is 0. The zero-order valence-corrected chi connectivity index (χ0v) is 75.5. The van der Waals surface area contributed by atoms with E-state index in [1.807, 2.05) is 0 Å². The van der Waals surface area contributed by atoms with Crippen LogP contribution < -0.4 is 0 Å². The van der Waals surface area contributed by atoms with Crippen molar-refractivity contribution in [3.8, 4) is 0 Å². The summed E-state index contributed by atoms with van der Waals surface area (Å²) in [5, 5.41) is 102. The summed E-state index contributed by atoms with van der Waals surface area (Å²) in [7, 11) is -5.81. The monoisotopic (exact) mass is 1720 g/mol. The average Bonchev–Trinajstić information content (AvgIpc) is 0.754. The lowest BCUT2D eigenvalue weighted by Gasteiger charge is -2.50. The average molecular weight is 1720 g/mol. The predicted molar refractivity (Wildman–Crippen MR) is 462 cm³/mol. The van der Waals surface area contributed by atoms with Gasteiger partial charge in [-0.3, -0.25) is 28.2 Å². The van der Waals surface area contributed by atoms with Crippen molar-refractivity contribution < 1.29 is 122 Å². The van der Waals surface area contributed by atoms with E-state index in [1.54, 1.807) is 0 Å². The molecule has 2 aliphatic heterocycles. The number of unbranched alkanes of at least 4 members (excludes halogenated alkanes) is 45. The molecule has 2 saturated heterocycles. The van der Waals surface area contributed by atoms with E-state index in [-0.39, 0.29) is 25.7 Å². The second kappa shape index (κ2) is 71.0. The first-order valence-electron chi connectivity index (χ1n) is 48.0. The lowest BCUT2D eigenvalue weighted by molar-refractivity contribution is -0.360. The number of phosphoric ester groups is 1. The normalized spacial score (nSPS) is 25.2. The lowest BCUT2D eigenvalue weighted by atomic mass is 9.84. The van der Waals surface area contributed by atoms with Crippen LogP contribution in [0.25, 0.3) is 0 Å². The molecule has 698 valence electrons. The molecule has 0 bridgehead atoms. The first-order chi connectivity index (χ1) is 57.6. The number of phosphoric acid groups is 1. The van der Waals surface area contributed by atoms with E-state index in [2.05, 4.69) is 58.9 Å². The number of hydrogen-bond donors (Lipinski definition) is 10. The summed E-state index contributed by atoms with van der Waals surface area (Å²) >= 11 is 0. The number of aliphatic hydroxyl groups excluding tert-OH is 9. The van der Waals surface area contributed by atoms with Crippen LogP contribution in [0.15, 0.2) is 24.3 Å². The number of rotatable bonds is 77. The van der Waals surface area contributed by atoms with Crippen molar-refractivity contribution in [2.24, 2.45) is 5.92 Å². The van der Waals surface area contributed by atoms with E-state index >= 15 is 0 Å². The third-order valence-corrected chi connectivity index (χ3v) is 24.6. The molecule has 19 unspecified atom stereocenters. The number of allylic oxidation sites excluding steroid dienone is 4. The fraction of sp³-hybridized carbons (Fsp3) is 0.914. The standard InChI is InChI=1S/C93H171O25P/c1-6-10-14-18-22-25-28-31-33-35-37-39-42-45-52-58-64-76(95)109-69-73(112-78(97)66-60-54-46-43-40-36-30-27-24-20-16-12-8-3)70-111-119(107,108)118-91-89(116-92-86(105)82(101)80(99)74(68-94)113-92)85(104)84(103)88(115-79(98)67-61-55-47-44-41-38-34-32-29-26-23-19-15-11-7-2)90(91)117-93-87(106)83(102)81(100)75(114-93)71-110-77(96)65-59-53-49-48-51-57-63-72(5)62-56-50-21-17-13-9-4/h26,29,36,40,72-75,80-94,99-106H,6-25,27-28,30-35,37-39,41-71H2,1-5H3,(H,107,108)/b29-26-,40-36-. The van der Waals surface area contributed by atoms with Gasteiger partial charge in [0, 0.05) is 25.7 Å². The maximum absolute atomic E-state index is 14.9. The highest BCUT2D eigenvalue weighted by Crippen LogP contribution is 2.49. The SMILES string of the molecule is CCCCCC/C=C\CCCCCCCCCC(=O)OC1C(O)C(O)C(OC2OC(CO)C(O)C(O)C2O)C(OP(=O)(O)OCC(COC(=O)CCCCCCCCCCCCCCCCCC)OC(=O)CCCCC/C=C\CCCCCCCC)C1OC1OC(COC(=O)CCCCCCCCC(C)CCCCCCCC)C(O)C(O)C1O. The van der Waals surface area contributed by atoms with Crippen molar-refractivity contribution in [1.82, 2.24) is 0 Å². The molecule has 119 heavy (non-hydrogen) atoms. The Bertz CT molecular complexity index is 2580. The van der Waals surface area contributed by atoms with E-state index in [1.165, 1.54) is 173 Å². The zero-order valence-electron chi connectivity index (χ0n) is 74.6. The summed E-state index contributed by atoms with van der Waals surface area (Å²) in [6, 6.07) is 0. The Morgan fingerprint density at radius 1 is 0.353 bits per heavy atom. The minimum atomic E-state index is -5.81. The molecule has 0 aromatic carbocycles. The summed E-state index contributed by atoms with van der Waals surface area (Å²) in [6.07, 6.45) is 30.3. The summed E-state index contributed by atoms with van der Waals surface area (Å²) in [4.78, 5) is 66.5. The molecule has 0 radical (unpaired) electrons. The van der Waals surface area contributed by atoms with Crippen molar-refractivity contribution in [1.29, 1.82) is 0 Å². The molecule has 0 spiro atoms. The largest absolute Gasteiger partial charge is 0.472 e. The molecule has 3 rings (SSSR count). The molecule has 3 aliphatic rings. The van der Waals surface area contributed by atoms with Gasteiger partial charge >= 0.3 is 31.7 Å². The fourth-order valence-corrected chi connectivity index (χ4v) is 16.8. The van der Waals surface area contributed by atoms with Gasteiger partial charge in [-0.2, -0.15) is 0 Å². The second-order valence-electron chi connectivity index (χ2n) is 34.5. The van der Waals surface area contributed by atoms with E-state index < -0.39 is 162 Å². The highest BCUT2D eigenvalue weighted by molar-refractivity contribution is 7.47. The Hall–Kier alpha value is -3.05. The third-order valence-electron chi connectivity index (χ3n) is 23.6. The topological polar surface area (TPSA) is 380 Å². The van der Waals surface area contributed by atoms with Crippen LogP contribution in [0.5, 0.6) is 0 Å². The molecule has 19 atom stereocenters. The van der Waals surface area contributed by atoms with E-state index in [0.717, 1.165) is 135 Å². The van der Waals surface area contributed by atoms with Gasteiger partial charge in [0.2, 0.25) is 0 Å². The molecule has 1 saturated carbocycles. The lowest BCUT2D eigenvalue weighted by Crippen LogP contribution is -2.70. The van der Waals surface area contributed by atoms with Crippen LogP contribution in [-0.4, -0.2) is 205 Å². The van der Waals surface area contributed by atoms with Crippen molar-refractivity contribution >= 4 is 31.7 Å². The van der Waals surface area contributed by atoms with Gasteiger partial charge in [-0.1, -0.05) is 329 Å². The highest BCUT2D eigenvalue weighted by atomic mass is 31.2. The first-order valence-corrected chi connectivity index (χ1v) is 49.5. The van der Waals surface area contributed by atoms with Gasteiger partial charge in [-0.15, -0.1) is 0 Å². The molecule has 0 aromatic heterocycles. The van der Waals surface area contributed by atoms with Crippen LogP contribution in [0.2, 0.25) is 0 Å². The van der Waals surface area contributed by atoms with Gasteiger partial charge in [0.1, 0.15) is 92.6 Å². The Morgan fingerprint density at radius 3 is 1.10 bits per heavy atom. The molecule has 26 heteroatoms. The number of carbonyl (C=O) groups is 4. The minimum absolute atomic E-state index is 0.0136. The van der Waals surface area contributed by atoms with Gasteiger partial charge in [-0.05, 0) is 83.0 Å². The van der Waals surface area contributed by atoms with Crippen LogP contribution in [0.4, 0.5) is 0 Å². The molecule has 2 heterocycles. The molecular formula is C93H171O25P. The maximum Gasteiger partial charge on any atom is 0.472 e. The number of hydrogen-bond acceptors (Lipinski definition) is 24. The number of carbonyl (C=O) groups excluding carboxylic acids is 4. The van der Waals surface area contributed by atoms with Crippen LogP contribution in [0.3, 0.4) is 0 Å². The Balaban J connectivity index is 1.92. The van der Waals surface area contributed by atoms with Gasteiger partial charge in [0.25, 0.3) is 0 Å². The van der Waals surface area contributed by atoms with E-state index in [0.29, 0.717) is 44.4 Å². The van der Waals surface area contributed by atoms with Gasteiger partial charge in [-0.25, -0.2) is 4.57 Å². The minimum Gasteiger partial charge on any atom is -0.463 e. The second-order valence-corrected chi connectivity index (χ2v) is 35.9. The van der Waals surface area contributed by atoms with E-state index in [4.69, 9.17) is 46.9 Å². The molecule has 25 nitrogen and oxygen atoms in total. The quantitative estimate of drug-likeness (QED) is 0.00889. The number of esters is 4. The summed E-state index contributed by atoms with van der Waals surface area (Å²) in [5.74, 6) is -2.30. The van der Waals surface area contributed by atoms with Crippen molar-refractivity contribution in [2.45, 2.75) is 511 Å². The maximum atomic E-state index is 14.9. The smallest absolute Gasteiger partial charge is 0.463 e. The van der Waals surface area contributed by atoms with Crippen LogP contribution in [0.1, 0.15) is 407 Å². The number of aliphatic hydroxyl groups is 9. The third kappa shape index (κ3) is 51.4. The summed E-state index contributed by atoms with van der Waals surface area (Å²) < 4.78 is 73.5.